The molecule has 1 aromatic heterocycles. The summed E-state index contributed by atoms with van der Waals surface area (Å²) in [5.74, 6) is -2.14. The number of nitro groups is 1. The second kappa shape index (κ2) is 10.7. The number of nitro benzene ring substituents is 1. The van der Waals surface area contributed by atoms with E-state index >= 15 is 0 Å². The quantitative estimate of drug-likeness (QED) is 0.274. The number of hydrogen-bond donors (Lipinski definition) is 1. The number of hydrogen-bond acceptors (Lipinski definition) is 7. The van der Waals surface area contributed by atoms with Crippen LogP contribution in [-0.4, -0.2) is 35.1 Å². The number of benzene rings is 1. The number of aryl methyl sites for hydroxylation is 1. The molecule has 1 aromatic carbocycles. The zero-order valence-electron chi connectivity index (χ0n) is 19.5. The van der Waals surface area contributed by atoms with E-state index in [4.69, 9.17) is 9.47 Å². The number of esters is 2. The lowest BCUT2D eigenvalue weighted by molar-refractivity contribution is -0.384. The van der Waals surface area contributed by atoms with Gasteiger partial charge in [-0.15, -0.1) is 0 Å². The molecule has 0 amide bonds. The maximum absolute atomic E-state index is 13.2. The van der Waals surface area contributed by atoms with E-state index in [9.17, 15) is 19.7 Å². The maximum Gasteiger partial charge on any atom is 0.337 e. The highest BCUT2D eigenvalue weighted by Gasteiger charge is 2.38. The third-order valence-electron chi connectivity index (χ3n) is 5.66. The first-order valence-corrected chi connectivity index (χ1v) is 10.7. The predicted octanol–water partition coefficient (Wildman–Crippen LogP) is 3.68. The molecule has 0 saturated heterocycles. The van der Waals surface area contributed by atoms with E-state index in [-0.39, 0.29) is 23.4 Å². The molecule has 9 nitrogen and oxygen atoms in total. The minimum absolute atomic E-state index is 0.0396. The van der Waals surface area contributed by atoms with E-state index in [1.165, 1.54) is 25.3 Å². The number of nitrogens with one attached hydrogen (secondary N) is 1. The Labute approximate surface area is 197 Å². The molecule has 34 heavy (non-hydrogen) atoms. The molecular weight excluding hydrogens is 438 g/mol. The van der Waals surface area contributed by atoms with Crippen molar-refractivity contribution in [1.29, 1.82) is 0 Å². The molecule has 0 bridgehead atoms. The Morgan fingerprint density at radius 2 is 1.82 bits per heavy atom. The molecule has 0 spiro atoms. The first kappa shape index (κ1) is 24.5. The first-order valence-electron chi connectivity index (χ1n) is 10.7. The summed E-state index contributed by atoms with van der Waals surface area (Å²) in [6.45, 7) is 3.43. The lowest BCUT2D eigenvalue weighted by Gasteiger charge is -2.30. The van der Waals surface area contributed by atoms with Gasteiger partial charge in [-0.2, -0.15) is 0 Å². The minimum atomic E-state index is -0.881. The monoisotopic (exact) mass is 465 g/mol. The molecule has 1 aliphatic heterocycles. The highest BCUT2D eigenvalue weighted by atomic mass is 16.6. The van der Waals surface area contributed by atoms with E-state index in [2.05, 4.69) is 5.32 Å². The van der Waals surface area contributed by atoms with Crippen molar-refractivity contribution < 1.29 is 24.0 Å². The van der Waals surface area contributed by atoms with Gasteiger partial charge in [0.1, 0.15) is 6.61 Å². The number of carbonyl (C=O) groups is 2. The molecule has 0 fully saturated rings. The summed E-state index contributed by atoms with van der Waals surface area (Å²) >= 11 is 0. The molecule has 1 unspecified atom stereocenters. The molecule has 0 aliphatic carbocycles. The van der Waals surface area contributed by atoms with Crippen molar-refractivity contribution in [3.63, 3.8) is 0 Å². The maximum atomic E-state index is 13.2. The van der Waals surface area contributed by atoms with Crippen LogP contribution in [0.4, 0.5) is 5.69 Å². The molecule has 2 aromatic rings. The van der Waals surface area contributed by atoms with Gasteiger partial charge in [0.2, 0.25) is 0 Å². The highest BCUT2D eigenvalue weighted by Crippen LogP contribution is 2.40. The summed E-state index contributed by atoms with van der Waals surface area (Å²) in [5.41, 5.74) is 2.78. The molecule has 0 radical (unpaired) electrons. The third kappa shape index (κ3) is 5.25. The van der Waals surface area contributed by atoms with Crippen LogP contribution in [0.1, 0.15) is 31.0 Å². The van der Waals surface area contributed by atoms with Crippen LogP contribution in [0.2, 0.25) is 0 Å². The molecule has 1 atom stereocenters. The summed E-state index contributed by atoms with van der Waals surface area (Å²) in [4.78, 5) is 36.6. The second-order valence-electron chi connectivity index (χ2n) is 7.86. The van der Waals surface area contributed by atoms with Crippen LogP contribution >= 0.6 is 0 Å². The van der Waals surface area contributed by atoms with Crippen molar-refractivity contribution in [1.82, 2.24) is 9.88 Å². The molecule has 0 saturated carbocycles. The third-order valence-corrected chi connectivity index (χ3v) is 5.66. The van der Waals surface area contributed by atoms with Gasteiger partial charge in [-0.05, 0) is 31.5 Å². The molecular formula is C25H27N3O6. The van der Waals surface area contributed by atoms with Crippen LogP contribution in [0.5, 0.6) is 0 Å². The fourth-order valence-electron chi connectivity index (χ4n) is 3.98. The molecule has 178 valence electrons. The number of dihydropyridines is 1. The van der Waals surface area contributed by atoms with Crippen LogP contribution in [0, 0.1) is 10.1 Å². The Balaban J connectivity index is 1.88. The standard InChI is InChI=1S/C25H27N3O6/c1-16-21(24(29)33-4)23(18-9-7-11-20(15-18)28(31)32)22(17(2)26-16)25(30)34-14-6-5-10-19-12-8-13-27(19)3/h5-9,11-13,15,23,26H,10,14H2,1-4H3. The second-order valence-corrected chi connectivity index (χ2v) is 7.86. The summed E-state index contributed by atoms with van der Waals surface area (Å²) < 4.78 is 12.4. The van der Waals surface area contributed by atoms with Gasteiger partial charge >= 0.3 is 11.9 Å². The van der Waals surface area contributed by atoms with Gasteiger partial charge in [0.05, 0.1) is 29.1 Å². The van der Waals surface area contributed by atoms with Crippen LogP contribution < -0.4 is 5.32 Å². The Morgan fingerprint density at radius 3 is 2.44 bits per heavy atom. The number of aromatic nitrogens is 1. The normalized spacial score (nSPS) is 15.9. The Bertz CT molecular complexity index is 1200. The number of ether oxygens (including phenoxy) is 2. The van der Waals surface area contributed by atoms with E-state index in [0.29, 0.717) is 23.4 Å². The highest BCUT2D eigenvalue weighted by molar-refractivity contribution is 5.99. The molecule has 3 rings (SSSR count). The van der Waals surface area contributed by atoms with Crippen molar-refractivity contribution in [3.05, 3.63) is 98.7 Å². The fourth-order valence-corrected chi connectivity index (χ4v) is 3.98. The zero-order chi connectivity index (χ0) is 24.8. The number of carbonyl (C=O) groups excluding carboxylic acids is 2. The van der Waals surface area contributed by atoms with Crippen molar-refractivity contribution in [3.8, 4) is 0 Å². The predicted molar refractivity (Wildman–Crippen MR) is 126 cm³/mol. The molecule has 9 heteroatoms. The van der Waals surface area contributed by atoms with Crippen LogP contribution in [0.3, 0.4) is 0 Å². The molecule has 1 aliphatic rings. The van der Waals surface area contributed by atoms with E-state index in [1.807, 2.05) is 36.0 Å². The number of methoxy groups -OCH3 is 1. The van der Waals surface area contributed by atoms with Crippen LogP contribution in [-0.2, 0) is 32.5 Å². The molecule has 2 heterocycles. The van der Waals surface area contributed by atoms with Gasteiger partial charge in [-0.25, -0.2) is 9.59 Å². The van der Waals surface area contributed by atoms with Gasteiger partial charge < -0.3 is 19.4 Å². The number of allylic oxidation sites excluding steroid dienone is 3. The van der Waals surface area contributed by atoms with Gasteiger partial charge in [-0.1, -0.05) is 24.3 Å². The van der Waals surface area contributed by atoms with Crippen LogP contribution in [0.25, 0.3) is 0 Å². The van der Waals surface area contributed by atoms with E-state index < -0.39 is 22.8 Å². The van der Waals surface area contributed by atoms with Gasteiger partial charge in [0, 0.05) is 48.9 Å². The SMILES string of the molecule is COC(=O)C1=C(C)NC(C)=C(C(=O)OCC=CCc2cccn2C)C1c1cccc([N+](=O)[O-])c1. The molecule has 1 N–H and O–H groups in total. The Kier molecular flexibility index (Phi) is 7.68. The topological polar surface area (TPSA) is 113 Å². The van der Waals surface area contributed by atoms with Gasteiger partial charge in [-0.3, -0.25) is 10.1 Å². The number of non-ortho nitro benzene ring substituents is 1. The van der Waals surface area contributed by atoms with Crippen LogP contribution in [0.15, 0.2) is 77.3 Å². The Hall–Kier alpha value is -4.14. The largest absolute Gasteiger partial charge is 0.466 e. The Morgan fingerprint density at radius 1 is 1.12 bits per heavy atom. The smallest absolute Gasteiger partial charge is 0.337 e. The summed E-state index contributed by atoms with van der Waals surface area (Å²) in [6, 6.07) is 9.82. The van der Waals surface area contributed by atoms with Crippen molar-refractivity contribution in [2.24, 2.45) is 7.05 Å². The lowest BCUT2D eigenvalue weighted by atomic mass is 9.80. The summed E-state index contributed by atoms with van der Waals surface area (Å²) in [5, 5.41) is 14.4. The zero-order valence-corrected chi connectivity index (χ0v) is 19.5. The van der Waals surface area contributed by atoms with Crippen molar-refractivity contribution in [2.75, 3.05) is 13.7 Å². The van der Waals surface area contributed by atoms with E-state index in [0.717, 1.165) is 5.69 Å². The fraction of sp³-hybridized carbons (Fsp3) is 0.280. The average molecular weight is 466 g/mol. The van der Waals surface area contributed by atoms with Gasteiger partial charge in [0.25, 0.3) is 5.69 Å². The van der Waals surface area contributed by atoms with Crippen molar-refractivity contribution >= 4 is 17.6 Å². The lowest BCUT2D eigenvalue weighted by Crippen LogP contribution is -2.32. The summed E-state index contributed by atoms with van der Waals surface area (Å²) in [6.07, 6.45) is 6.30. The number of rotatable bonds is 8. The van der Waals surface area contributed by atoms with E-state index in [1.54, 1.807) is 26.0 Å². The van der Waals surface area contributed by atoms with Crippen molar-refractivity contribution in [2.45, 2.75) is 26.2 Å². The minimum Gasteiger partial charge on any atom is -0.466 e. The van der Waals surface area contributed by atoms with Gasteiger partial charge in [0.15, 0.2) is 0 Å². The summed E-state index contributed by atoms with van der Waals surface area (Å²) in [7, 11) is 3.20. The average Bonchev–Trinajstić information content (AvgIpc) is 3.22. The first-order chi connectivity index (χ1) is 16.2. The number of nitrogens with zero attached hydrogens (tertiary/aromatic N) is 2.